The van der Waals surface area contributed by atoms with Gasteiger partial charge in [0.1, 0.15) is 0 Å². The molecule has 0 unspecified atom stereocenters. The van der Waals surface area contributed by atoms with Gasteiger partial charge in [-0.25, -0.2) is 0 Å². The topological polar surface area (TPSA) is 24.7 Å². The van der Waals surface area contributed by atoms with E-state index < -0.39 is 0 Å². The molecule has 1 aliphatic rings. The van der Waals surface area contributed by atoms with Gasteiger partial charge in [0.15, 0.2) is 0 Å². The zero-order valence-electron chi connectivity index (χ0n) is 3.93. The van der Waals surface area contributed by atoms with Crippen LogP contribution >= 0.6 is 15.9 Å². The van der Waals surface area contributed by atoms with Crippen LogP contribution in [0.3, 0.4) is 0 Å². The molecule has 0 saturated carbocycles. The van der Waals surface area contributed by atoms with Crippen molar-refractivity contribution in [3.8, 4) is 0 Å². The molecule has 0 aromatic carbocycles. The van der Waals surface area contributed by atoms with Crippen LogP contribution in [0.5, 0.6) is 0 Å². The lowest BCUT2D eigenvalue weighted by Gasteiger charge is -1.88. The highest BCUT2D eigenvalue weighted by atomic mass is 79.9. The molecule has 0 fully saturated rings. The highest BCUT2D eigenvalue weighted by Crippen LogP contribution is 2.04. The normalized spacial score (nSPS) is 28.3. The van der Waals surface area contributed by atoms with Crippen LogP contribution in [0.2, 0.25) is 0 Å². The molecule has 1 aliphatic heterocycles. The van der Waals surface area contributed by atoms with Crippen LogP contribution in [0.1, 0.15) is 6.92 Å². The molecule has 0 aliphatic carbocycles. The highest BCUT2D eigenvalue weighted by Gasteiger charge is 2.07. The first-order chi connectivity index (χ1) is 3.30. The van der Waals surface area contributed by atoms with Crippen LogP contribution in [0, 0.1) is 0 Å². The summed E-state index contributed by atoms with van der Waals surface area (Å²) < 4.78 is 0. The van der Waals surface area contributed by atoms with Crippen molar-refractivity contribution in [3.05, 3.63) is 0 Å². The number of halogens is 1. The maximum absolute atomic E-state index is 3.76. The Hall–Kier alpha value is -0.180. The Balaban J connectivity index is 2.69. The molecule has 1 heterocycles. The second kappa shape index (κ2) is 1.74. The lowest BCUT2D eigenvalue weighted by molar-refractivity contribution is 1.27. The van der Waals surface area contributed by atoms with Crippen molar-refractivity contribution < 1.29 is 0 Å². The van der Waals surface area contributed by atoms with Gasteiger partial charge < -0.3 is 0 Å². The van der Waals surface area contributed by atoms with Crippen molar-refractivity contribution in [2.24, 2.45) is 10.2 Å². The molecule has 38 valence electrons. The average molecular weight is 161 g/mol. The lowest BCUT2D eigenvalue weighted by atomic mass is 10.3. The van der Waals surface area contributed by atoms with E-state index in [1.165, 1.54) is 0 Å². The highest BCUT2D eigenvalue weighted by molar-refractivity contribution is 9.10. The standard InChI is InChI=1S/C4H5BrN2/c1-3-4(5)2-6-7-3/h2,4H,1H3/t4-/m0/s1. The number of hydrogen-bond donors (Lipinski definition) is 0. The monoisotopic (exact) mass is 160 g/mol. The van der Waals surface area contributed by atoms with Gasteiger partial charge in [0.05, 0.1) is 10.5 Å². The Morgan fingerprint density at radius 3 is 2.71 bits per heavy atom. The number of nitrogens with zero attached hydrogens (tertiary/aromatic N) is 2. The van der Waals surface area contributed by atoms with E-state index in [0.717, 1.165) is 5.71 Å². The molecule has 3 heteroatoms. The summed E-state index contributed by atoms with van der Waals surface area (Å²) in [6, 6.07) is 0. The summed E-state index contributed by atoms with van der Waals surface area (Å²) in [7, 11) is 0. The maximum atomic E-state index is 3.76. The van der Waals surface area contributed by atoms with Crippen molar-refractivity contribution in [2.45, 2.75) is 11.8 Å². The molecule has 0 radical (unpaired) electrons. The Labute approximate surface area is 50.5 Å². The van der Waals surface area contributed by atoms with Gasteiger partial charge in [0.25, 0.3) is 0 Å². The first-order valence-electron chi connectivity index (χ1n) is 2.02. The smallest absolute Gasteiger partial charge is 0.0914 e. The summed E-state index contributed by atoms with van der Waals surface area (Å²) in [5.74, 6) is 0. The Morgan fingerprint density at radius 1 is 1.86 bits per heavy atom. The van der Waals surface area contributed by atoms with Gasteiger partial charge in [-0.1, -0.05) is 15.9 Å². The van der Waals surface area contributed by atoms with Gasteiger partial charge in [0.2, 0.25) is 0 Å². The van der Waals surface area contributed by atoms with E-state index >= 15 is 0 Å². The molecule has 1 rings (SSSR count). The van der Waals surface area contributed by atoms with E-state index in [0.29, 0.717) is 0 Å². The number of alkyl halides is 1. The molecule has 0 spiro atoms. The van der Waals surface area contributed by atoms with Crippen molar-refractivity contribution in [3.63, 3.8) is 0 Å². The summed E-state index contributed by atoms with van der Waals surface area (Å²) >= 11 is 3.32. The van der Waals surface area contributed by atoms with Crippen LogP contribution in [0.4, 0.5) is 0 Å². The molecule has 2 nitrogen and oxygen atoms in total. The number of rotatable bonds is 0. The van der Waals surface area contributed by atoms with Crippen LogP contribution in [-0.4, -0.2) is 16.8 Å². The van der Waals surface area contributed by atoms with Crippen LogP contribution in [0.15, 0.2) is 10.2 Å². The fraction of sp³-hybridized carbons (Fsp3) is 0.500. The first kappa shape index (κ1) is 4.97. The summed E-state index contributed by atoms with van der Waals surface area (Å²) in [5, 5.41) is 7.42. The third-order valence-corrected chi connectivity index (χ3v) is 1.71. The minimum Gasteiger partial charge on any atom is -0.162 e. The van der Waals surface area contributed by atoms with Crippen LogP contribution in [0.25, 0.3) is 0 Å². The van der Waals surface area contributed by atoms with Gasteiger partial charge in [-0.05, 0) is 6.92 Å². The second-order valence-corrected chi connectivity index (χ2v) is 2.39. The third-order valence-electron chi connectivity index (χ3n) is 0.812. The fourth-order valence-corrected chi connectivity index (χ4v) is 0.543. The Kier molecular flexibility index (Phi) is 1.23. The largest absolute Gasteiger partial charge is 0.162 e. The Bertz CT molecular complexity index is 128. The van der Waals surface area contributed by atoms with Gasteiger partial charge in [-0.3, -0.25) is 0 Å². The van der Waals surface area contributed by atoms with Crippen molar-refractivity contribution in [1.29, 1.82) is 0 Å². The molecule has 0 aromatic rings. The maximum Gasteiger partial charge on any atom is 0.0914 e. The molecule has 1 atom stereocenters. The zero-order valence-corrected chi connectivity index (χ0v) is 5.51. The predicted molar refractivity (Wildman–Crippen MR) is 34.3 cm³/mol. The second-order valence-electron chi connectivity index (χ2n) is 1.41. The molecule has 7 heavy (non-hydrogen) atoms. The molecular weight excluding hydrogens is 156 g/mol. The number of hydrogen-bond acceptors (Lipinski definition) is 2. The van der Waals surface area contributed by atoms with E-state index in [9.17, 15) is 0 Å². The van der Waals surface area contributed by atoms with E-state index in [4.69, 9.17) is 0 Å². The van der Waals surface area contributed by atoms with Gasteiger partial charge in [-0.2, -0.15) is 10.2 Å². The fourth-order valence-electron chi connectivity index (χ4n) is 0.346. The molecular formula is C4H5BrN2. The van der Waals surface area contributed by atoms with E-state index in [-0.39, 0.29) is 4.83 Å². The quantitative estimate of drug-likeness (QED) is 0.477. The van der Waals surface area contributed by atoms with Gasteiger partial charge >= 0.3 is 0 Å². The van der Waals surface area contributed by atoms with Crippen molar-refractivity contribution in [2.75, 3.05) is 0 Å². The summed E-state index contributed by atoms with van der Waals surface area (Å²) in [6.07, 6.45) is 1.76. The molecule has 0 bridgehead atoms. The summed E-state index contributed by atoms with van der Waals surface area (Å²) in [6.45, 7) is 1.94. The van der Waals surface area contributed by atoms with Crippen molar-refractivity contribution in [1.82, 2.24) is 0 Å². The van der Waals surface area contributed by atoms with Gasteiger partial charge in [0, 0.05) is 6.21 Å². The van der Waals surface area contributed by atoms with Gasteiger partial charge in [-0.15, -0.1) is 0 Å². The summed E-state index contributed by atoms with van der Waals surface area (Å²) in [4.78, 5) is 0.285. The van der Waals surface area contributed by atoms with Crippen LogP contribution < -0.4 is 0 Å². The van der Waals surface area contributed by atoms with E-state index in [2.05, 4.69) is 26.1 Å². The minimum absolute atomic E-state index is 0.285. The third kappa shape index (κ3) is 0.881. The molecule has 0 N–H and O–H groups in total. The first-order valence-corrected chi connectivity index (χ1v) is 2.94. The lowest BCUT2D eigenvalue weighted by Crippen LogP contribution is -2.04. The van der Waals surface area contributed by atoms with E-state index in [1.807, 2.05) is 6.92 Å². The van der Waals surface area contributed by atoms with Crippen LogP contribution in [-0.2, 0) is 0 Å². The summed E-state index contributed by atoms with van der Waals surface area (Å²) in [5.41, 5.74) is 1.03. The Morgan fingerprint density at radius 2 is 2.57 bits per heavy atom. The molecule has 0 saturated heterocycles. The SMILES string of the molecule is CC1=NN=C[C@@H]1Br. The zero-order chi connectivity index (χ0) is 5.28. The van der Waals surface area contributed by atoms with Crippen molar-refractivity contribution >= 4 is 27.9 Å². The average Bonchev–Trinajstić information content (AvgIpc) is 1.91. The minimum atomic E-state index is 0.285. The van der Waals surface area contributed by atoms with E-state index in [1.54, 1.807) is 6.21 Å². The molecule has 0 amide bonds. The predicted octanol–water partition coefficient (Wildman–Crippen LogP) is 1.21. The molecule has 0 aromatic heterocycles.